The summed E-state index contributed by atoms with van der Waals surface area (Å²) in [6.07, 6.45) is 1.87. The zero-order valence-electron chi connectivity index (χ0n) is 14.6. The van der Waals surface area contributed by atoms with E-state index in [1.165, 1.54) is 0 Å². The van der Waals surface area contributed by atoms with Crippen LogP contribution in [0.5, 0.6) is 0 Å². The third kappa shape index (κ3) is 3.23. The highest BCUT2D eigenvalue weighted by Gasteiger charge is 2.14. The number of carbonyl (C=O) groups is 1. The maximum absolute atomic E-state index is 12.8. The van der Waals surface area contributed by atoms with E-state index in [2.05, 4.69) is 10.2 Å². The molecule has 1 saturated heterocycles. The van der Waals surface area contributed by atoms with Gasteiger partial charge < -0.3 is 14.5 Å². The Bertz CT molecular complexity index is 985. The molecule has 0 bridgehead atoms. The number of amides is 1. The molecule has 3 heterocycles. The van der Waals surface area contributed by atoms with Crippen molar-refractivity contribution in [3.8, 4) is 0 Å². The van der Waals surface area contributed by atoms with Gasteiger partial charge in [-0.3, -0.25) is 19.1 Å². The Balaban J connectivity index is 1.51. The topological polar surface area (TPSA) is 68.0 Å². The van der Waals surface area contributed by atoms with Gasteiger partial charge in [-0.05, 0) is 24.3 Å². The van der Waals surface area contributed by atoms with Crippen molar-refractivity contribution in [1.29, 1.82) is 0 Å². The molecule has 3 aromatic rings. The molecule has 0 spiro atoms. The lowest BCUT2D eigenvalue weighted by molar-refractivity contribution is -0.121. The lowest BCUT2D eigenvalue weighted by Crippen LogP contribution is -2.42. The minimum Gasteiger partial charge on any atom is -0.379 e. The molecule has 2 aromatic heterocycles. The van der Waals surface area contributed by atoms with Gasteiger partial charge in [0.2, 0.25) is 5.91 Å². The fourth-order valence-electron chi connectivity index (χ4n) is 3.44. The van der Waals surface area contributed by atoms with Gasteiger partial charge >= 0.3 is 0 Å². The molecule has 0 aliphatic carbocycles. The first-order valence-corrected chi connectivity index (χ1v) is 8.89. The summed E-state index contributed by atoms with van der Waals surface area (Å²) in [5, 5.41) is 2.92. The number of hydrogen-bond donors (Lipinski definition) is 1. The van der Waals surface area contributed by atoms with Crippen molar-refractivity contribution in [2.45, 2.75) is 6.54 Å². The molecule has 1 aromatic carbocycles. The summed E-state index contributed by atoms with van der Waals surface area (Å²) in [5.41, 5.74) is 2.08. The molecule has 1 N–H and O–H groups in total. The average Bonchev–Trinajstić information content (AvgIpc) is 3.16. The molecular weight excluding hydrogens is 332 g/mol. The van der Waals surface area contributed by atoms with Gasteiger partial charge in [-0.15, -0.1) is 0 Å². The highest BCUT2D eigenvalue weighted by molar-refractivity contribution is 5.82. The molecule has 0 saturated carbocycles. The molecule has 0 atom stereocenters. The van der Waals surface area contributed by atoms with Crippen LogP contribution in [0.25, 0.3) is 16.6 Å². The zero-order valence-corrected chi connectivity index (χ0v) is 14.6. The molecule has 7 heteroatoms. The lowest BCUT2D eigenvalue weighted by Gasteiger charge is -2.26. The first-order valence-electron chi connectivity index (χ1n) is 8.89. The van der Waals surface area contributed by atoms with Crippen molar-refractivity contribution in [2.75, 3.05) is 39.4 Å². The summed E-state index contributed by atoms with van der Waals surface area (Å²) >= 11 is 0. The van der Waals surface area contributed by atoms with E-state index >= 15 is 0 Å². The smallest absolute Gasteiger partial charge is 0.275 e. The van der Waals surface area contributed by atoms with Crippen molar-refractivity contribution in [3.63, 3.8) is 0 Å². The Labute approximate surface area is 150 Å². The number of rotatable bonds is 5. The minimum absolute atomic E-state index is 0.0180. The Kier molecular flexibility index (Phi) is 4.73. The molecular formula is C19H22N4O3. The van der Waals surface area contributed by atoms with Gasteiger partial charge in [0, 0.05) is 32.4 Å². The van der Waals surface area contributed by atoms with Gasteiger partial charge in [-0.25, -0.2) is 0 Å². The monoisotopic (exact) mass is 354 g/mol. The highest BCUT2D eigenvalue weighted by Crippen LogP contribution is 2.14. The molecule has 4 rings (SSSR count). The first kappa shape index (κ1) is 16.8. The number of benzene rings is 1. The van der Waals surface area contributed by atoms with Crippen LogP contribution in [0.4, 0.5) is 0 Å². The van der Waals surface area contributed by atoms with Gasteiger partial charge in [0.05, 0.1) is 24.2 Å². The number of hydrogen-bond acceptors (Lipinski definition) is 4. The van der Waals surface area contributed by atoms with E-state index in [9.17, 15) is 9.59 Å². The highest BCUT2D eigenvalue weighted by atomic mass is 16.5. The van der Waals surface area contributed by atoms with E-state index in [0.29, 0.717) is 12.1 Å². The molecule has 1 aliphatic heterocycles. The summed E-state index contributed by atoms with van der Waals surface area (Å²) in [7, 11) is 0. The predicted molar refractivity (Wildman–Crippen MR) is 99.4 cm³/mol. The van der Waals surface area contributed by atoms with Crippen molar-refractivity contribution in [2.24, 2.45) is 0 Å². The maximum Gasteiger partial charge on any atom is 0.275 e. The second-order valence-electron chi connectivity index (χ2n) is 6.45. The maximum atomic E-state index is 12.8. The minimum atomic E-state index is -0.156. The van der Waals surface area contributed by atoms with Crippen LogP contribution in [0.15, 0.2) is 47.4 Å². The zero-order chi connectivity index (χ0) is 17.9. The molecule has 1 fully saturated rings. The number of morpholine rings is 1. The van der Waals surface area contributed by atoms with Crippen LogP contribution in [0.1, 0.15) is 0 Å². The van der Waals surface area contributed by atoms with Gasteiger partial charge in [-0.1, -0.05) is 12.1 Å². The number of nitrogens with one attached hydrogen (secondary N) is 1. The van der Waals surface area contributed by atoms with E-state index in [4.69, 9.17) is 4.74 Å². The fraction of sp³-hybridized carbons (Fsp3) is 0.368. The summed E-state index contributed by atoms with van der Waals surface area (Å²) in [6.45, 7) is 4.65. The molecule has 0 radical (unpaired) electrons. The molecule has 0 unspecified atom stereocenters. The fourth-order valence-corrected chi connectivity index (χ4v) is 3.44. The van der Waals surface area contributed by atoms with Gasteiger partial charge in [0.1, 0.15) is 12.1 Å². The molecule has 1 amide bonds. The normalized spacial score (nSPS) is 15.5. The SMILES string of the molecule is O=C(Cn1c(=O)c2cccn2c2ccccc21)NCCN1CCOCC1. The number of fused-ring (bicyclic) bond motifs is 3. The van der Waals surface area contributed by atoms with Crippen molar-refractivity contribution in [3.05, 3.63) is 52.9 Å². The number of carbonyl (C=O) groups excluding carboxylic acids is 1. The summed E-state index contributed by atoms with van der Waals surface area (Å²) in [4.78, 5) is 27.5. The Morgan fingerprint density at radius 2 is 1.77 bits per heavy atom. The summed E-state index contributed by atoms with van der Waals surface area (Å²) < 4.78 is 8.74. The summed E-state index contributed by atoms with van der Waals surface area (Å²) in [6, 6.07) is 11.3. The second kappa shape index (κ2) is 7.31. The van der Waals surface area contributed by atoms with Crippen LogP contribution in [-0.4, -0.2) is 59.2 Å². The number of para-hydroxylation sites is 2. The molecule has 26 heavy (non-hydrogen) atoms. The van der Waals surface area contributed by atoms with Crippen molar-refractivity contribution >= 4 is 22.5 Å². The number of nitrogens with zero attached hydrogens (tertiary/aromatic N) is 3. The number of ether oxygens (including phenoxy) is 1. The van der Waals surface area contributed by atoms with Crippen molar-refractivity contribution in [1.82, 2.24) is 19.2 Å². The Morgan fingerprint density at radius 3 is 2.58 bits per heavy atom. The van der Waals surface area contributed by atoms with Crippen LogP contribution < -0.4 is 10.9 Å². The Morgan fingerprint density at radius 1 is 1.04 bits per heavy atom. The van der Waals surface area contributed by atoms with Crippen LogP contribution in [-0.2, 0) is 16.1 Å². The van der Waals surface area contributed by atoms with Crippen LogP contribution in [0.3, 0.4) is 0 Å². The van der Waals surface area contributed by atoms with Gasteiger partial charge in [0.15, 0.2) is 0 Å². The Hall–Kier alpha value is -2.64. The average molecular weight is 354 g/mol. The van der Waals surface area contributed by atoms with Gasteiger partial charge in [0.25, 0.3) is 5.56 Å². The van der Waals surface area contributed by atoms with E-state index in [1.54, 1.807) is 10.6 Å². The molecule has 136 valence electrons. The summed E-state index contributed by atoms with van der Waals surface area (Å²) in [5.74, 6) is -0.151. The second-order valence-corrected chi connectivity index (χ2v) is 6.45. The quantitative estimate of drug-likeness (QED) is 0.733. The standard InChI is InChI=1S/C19H22N4O3/c24-18(20-7-9-21-10-12-26-13-11-21)14-23-16-5-2-1-4-15(16)22-8-3-6-17(22)19(23)25/h1-6,8H,7,9-14H2,(H,20,24). The largest absolute Gasteiger partial charge is 0.379 e. The van der Waals surface area contributed by atoms with Crippen molar-refractivity contribution < 1.29 is 9.53 Å². The third-order valence-electron chi connectivity index (χ3n) is 4.80. The van der Waals surface area contributed by atoms with Crippen LogP contribution in [0.2, 0.25) is 0 Å². The van der Waals surface area contributed by atoms with Gasteiger partial charge in [-0.2, -0.15) is 0 Å². The molecule has 1 aliphatic rings. The van der Waals surface area contributed by atoms with Crippen LogP contribution in [0, 0.1) is 0 Å². The lowest BCUT2D eigenvalue weighted by atomic mass is 10.2. The first-order chi connectivity index (χ1) is 12.7. The number of aromatic nitrogens is 2. The van der Waals surface area contributed by atoms with E-state index < -0.39 is 0 Å². The third-order valence-corrected chi connectivity index (χ3v) is 4.80. The molecule has 7 nitrogen and oxygen atoms in total. The van der Waals surface area contributed by atoms with E-state index in [-0.39, 0.29) is 18.0 Å². The van der Waals surface area contributed by atoms with Crippen LogP contribution >= 0.6 is 0 Å². The van der Waals surface area contributed by atoms with E-state index in [0.717, 1.165) is 43.9 Å². The predicted octanol–water partition coefficient (Wildman–Crippen LogP) is 0.703. The van der Waals surface area contributed by atoms with E-state index in [1.807, 2.05) is 40.9 Å².